The number of allylic oxidation sites excluding steroid dienone is 2. The van der Waals surface area contributed by atoms with Crippen LogP contribution in [0.5, 0.6) is 0 Å². The maximum absolute atomic E-state index is 13.2. The van der Waals surface area contributed by atoms with Gasteiger partial charge in [-0.05, 0) is 55.7 Å². The largest absolute Gasteiger partial charge is 0.377 e. The maximum atomic E-state index is 13.2. The van der Waals surface area contributed by atoms with Crippen LogP contribution in [0.2, 0.25) is 0 Å². The molecule has 0 amide bonds. The number of carbonyl (C=O) groups is 1. The van der Waals surface area contributed by atoms with Gasteiger partial charge in [0.2, 0.25) is 0 Å². The highest BCUT2D eigenvalue weighted by atomic mass is 16.6. The van der Waals surface area contributed by atoms with E-state index in [0.29, 0.717) is 52.9 Å². The van der Waals surface area contributed by atoms with Crippen LogP contribution in [0.15, 0.2) is 47.5 Å². The molecule has 0 saturated heterocycles. The lowest BCUT2D eigenvalue weighted by molar-refractivity contribution is -0.385. The van der Waals surface area contributed by atoms with E-state index in [1.807, 2.05) is 0 Å². The molecule has 1 fully saturated rings. The van der Waals surface area contributed by atoms with Gasteiger partial charge < -0.3 is 9.80 Å². The third-order valence-corrected chi connectivity index (χ3v) is 5.59. The summed E-state index contributed by atoms with van der Waals surface area (Å²) in [5, 5.41) is 23.2. The smallest absolute Gasteiger partial charge is 0.278 e. The van der Waals surface area contributed by atoms with E-state index >= 15 is 0 Å². The van der Waals surface area contributed by atoms with Crippen LogP contribution < -0.4 is 9.80 Å². The quantitative estimate of drug-likeness (QED) is 0.351. The minimum atomic E-state index is -0.459. The number of Topliss-reactive ketones (excluding diaryl/α,β-unsaturated/α-hetero) is 1. The molecule has 172 valence electrons. The molecule has 0 heterocycles. The Labute approximate surface area is 191 Å². The normalized spacial score (nSPS) is 16.2. The van der Waals surface area contributed by atoms with Crippen molar-refractivity contribution in [3.05, 3.63) is 78.9 Å². The molecule has 1 aliphatic carbocycles. The molecular formula is C24H26N4O5. The summed E-state index contributed by atoms with van der Waals surface area (Å²) in [6.45, 7) is 0. The van der Waals surface area contributed by atoms with Gasteiger partial charge in [-0.1, -0.05) is 0 Å². The Morgan fingerprint density at radius 3 is 1.48 bits per heavy atom. The van der Waals surface area contributed by atoms with E-state index in [0.717, 1.165) is 0 Å². The van der Waals surface area contributed by atoms with E-state index in [2.05, 4.69) is 0 Å². The van der Waals surface area contributed by atoms with Gasteiger partial charge >= 0.3 is 0 Å². The molecule has 0 bridgehead atoms. The van der Waals surface area contributed by atoms with E-state index in [1.54, 1.807) is 74.4 Å². The SMILES string of the molecule is CN(C)c1ccc(/C=C2/CCC/C(=C\c3ccc(N(C)C)cc3[N+](=O)[O-])C2=O)c([N+](=O)[O-])c1. The molecular weight excluding hydrogens is 424 g/mol. The van der Waals surface area contributed by atoms with Gasteiger partial charge in [-0.25, -0.2) is 0 Å². The first-order valence-corrected chi connectivity index (χ1v) is 10.5. The lowest BCUT2D eigenvalue weighted by Gasteiger charge is -2.17. The van der Waals surface area contributed by atoms with E-state index in [9.17, 15) is 25.0 Å². The number of nitro groups is 2. The fourth-order valence-corrected chi connectivity index (χ4v) is 3.73. The van der Waals surface area contributed by atoms with Crippen LogP contribution in [0, 0.1) is 20.2 Å². The fourth-order valence-electron chi connectivity index (χ4n) is 3.73. The Morgan fingerprint density at radius 1 is 0.758 bits per heavy atom. The average molecular weight is 450 g/mol. The summed E-state index contributed by atoms with van der Waals surface area (Å²) in [5.41, 5.74) is 2.86. The molecule has 1 saturated carbocycles. The summed E-state index contributed by atoms with van der Waals surface area (Å²) in [4.78, 5) is 39.0. The van der Waals surface area contributed by atoms with Crippen molar-refractivity contribution in [2.24, 2.45) is 0 Å². The molecule has 2 aromatic rings. The minimum absolute atomic E-state index is 0.0764. The van der Waals surface area contributed by atoms with Crippen LogP contribution >= 0.6 is 0 Å². The van der Waals surface area contributed by atoms with Crippen molar-refractivity contribution >= 4 is 40.7 Å². The number of carbonyl (C=O) groups excluding carboxylic acids is 1. The number of benzene rings is 2. The van der Waals surface area contributed by atoms with Crippen LogP contribution in [0.3, 0.4) is 0 Å². The zero-order valence-corrected chi connectivity index (χ0v) is 19.1. The number of nitrogens with zero attached hydrogens (tertiary/aromatic N) is 4. The van der Waals surface area contributed by atoms with Crippen molar-refractivity contribution in [1.82, 2.24) is 0 Å². The molecule has 9 nitrogen and oxygen atoms in total. The molecule has 0 atom stereocenters. The van der Waals surface area contributed by atoms with Crippen LogP contribution in [0.4, 0.5) is 22.7 Å². The summed E-state index contributed by atoms with van der Waals surface area (Å²) in [6, 6.07) is 9.75. The number of hydrogen-bond acceptors (Lipinski definition) is 7. The van der Waals surface area contributed by atoms with Crippen molar-refractivity contribution in [2.45, 2.75) is 19.3 Å². The van der Waals surface area contributed by atoms with Crippen LogP contribution in [0.1, 0.15) is 30.4 Å². The zero-order valence-electron chi connectivity index (χ0n) is 19.1. The molecule has 3 rings (SSSR count). The molecule has 0 unspecified atom stereocenters. The summed E-state index contributed by atoms with van der Waals surface area (Å²) < 4.78 is 0. The van der Waals surface area contributed by atoms with Gasteiger partial charge in [-0.3, -0.25) is 25.0 Å². The van der Waals surface area contributed by atoms with E-state index in [4.69, 9.17) is 0 Å². The van der Waals surface area contributed by atoms with Crippen molar-refractivity contribution in [3.8, 4) is 0 Å². The Hall–Kier alpha value is -4.01. The second-order valence-corrected chi connectivity index (χ2v) is 8.31. The molecule has 2 aromatic carbocycles. The Bertz CT molecular complexity index is 1090. The number of nitro benzene ring substituents is 2. The summed E-state index contributed by atoms with van der Waals surface area (Å²) in [7, 11) is 7.18. The summed E-state index contributed by atoms with van der Waals surface area (Å²) in [6.07, 6.45) is 4.79. The molecule has 0 aliphatic heterocycles. The van der Waals surface area contributed by atoms with Gasteiger partial charge in [0.05, 0.1) is 21.0 Å². The second kappa shape index (κ2) is 9.64. The highest BCUT2D eigenvalue weighted by Crippen LogP contribution is 2.33. The van der Waals surface area contributed by atoms with Crippen molar-refractivity contribution < 1.29 is 14.6 Å². The fraction of sp³-hybridized carbons (Fsp3) is 0.292. The topological polar surface area (TPSA) is 110 Å². The van der Waals surface area contributed by atoms with Crippen LogP contribution in [-0.2, 0) is 4.79 Å². The summed E-state index contributed by atoms with van der Waals surface area (Å²) in [5.74, 6) is -0.238. The van der Waals surface area contributed by atoms with E-state index < -0.39 is 9.85 Å². The maximum Gasteiger partial charge on any atom is 0.278 e. The molecule has 0 aromatic heterocycles. The van der Waals surface area contributed by atoms with Crippen molar-refractivity contribution in [3.63, 3.8) is 0 Å². The Kier molecular flexibility index (Phi) is 6.91. The molecule has 0 radical (unpaired) electrons. The highest BCUT2D eigenvalue weighted by Gasteiger charge is 2.24. The lowest BCUT2D eigenvalue weighted by Crippen LogP contribution is -2.13. The minimum Gasteiger partial charge on any atom is -0.377 e. The van der Waals surface area contributed by atoms with Gasteiger partial charge in [-0.2, -0.15) is 0 Å². The molecule has 1 aliphatic rings. The van der Waals surface area contributed by atoms with Crippen LogP contribution in [0.25, 0.3) is 12.2 Å². The molecule has 0 spiro atoms. The third kappa shape index (κ3) is 5.25. The Balaban J connectivity index is 2.00. The lowest BCUT2D eigenvalue weighted by atomic mass is 9.86. The van der Waals surface area contributed by atoms with Crippen molar-refractivity contribution in [2.75, 3.05) is 38.0 Å². The molecule has 9 heteroatoms. The highest BCUT2D eigenvalue weighted by molar-refractivity contribution is 6.14. The van der Waals surface area contributed by atoms with E-state index in [-0.39, 0.29) is 17.2 Å². The number of ketones is 1. The van der Waals surface area contributed by atoms with Gasteiger partial charge in [0.25, 0.3) is 11.4 Å². The van der Waals surface area contributed by atoms with E-state index in [1.165, 1.54) is 12.1 Å². The standard InChI is InChI=1S/C24H26N4O5/c1-25(2)20-10-8-16(22(14-20)27(30)31)12-18-6-5-7-19(24(18)29)13-17-9-11-21(26(3)4)15-23(17)28(32)33/h8-15H,5-7H2,1-4H3/b18-12-,19-13+. The monoisotopic (exact) mass is 450 g/mol. The van der Waals surface area contributed by atoms with Gasteiger partial charge in [0.15, 0.2) is 5.78 Å². The predicted octanol–water partition coefficient (Wildman–Crippen LogP) is 4.86. The second-order valence-electron chi connectivity index (χ2n) is 8.31. The average Bonchev–Trinajstić information content (AvgIpc) is 2.76. The predicted molar refractivity (Wildman–Crippen MR) is 130 cm³/mol. The van der Waals surface area contributed by atoms with Crippen LogP contribution in [-0.4, -0.2) is 43.8 Å². The molecule has 33 heavy (non-hydrogen) atoms. The van der Waals surface area contributed by atoms with Crippen molar-refractivity contribution in [1.29, 1.82) is 0 Å². The first-order valence-electron chi connectivity index (χ1n) is 10.5. The molecule has 0 N–H and O–H groups in total. The summed E-state index contributed by atoms with van der Waals surface area (Å²) >= 11 is 0. The third-order valence-electron chi connectivity index (χ3n) is 5.59. The number of anilines is 2. The van der Waals surface area contributed by atoms with Gasteiger partial charge in [-0.15, -0.1) is 0 Å². The van der Waals surface area contributed by atoms with Gasteiger partial charge in [0.1, 0.15) is 0 Å². The number of rotatable bonds is 6. The zero-order chi connectivity index (χ0) is 24.3. The Morgan fingerprint density at radius 2 is 1.15 bits per heavy atom. The van der Waals surface area contributed by atoms with Gasteiger partial charge in [0, 0.05) is 62.8 Å². The first kappa shape index (κ1) is 23.6. The number of hydrogen-bond donors (Lipinski definition) is 0. The first-order chi connectivity index (χ1) is 15.6.